The lowest BCUT2D eigenvalue weighted by Crippen LogP contribution is -2.40. The van der Waals surface area contributed by atoms with Crippen molar-refractivity contribution in [2.75, 3.05) is 20.8 Å². The molecule has 0 saturated carbocycles. The fourth-order valence-corrected chi connectivity index (χ4v) is 5.91. The molecule has 216 valence electrons. The zero-order valence-corrected chi connectivity index (χ0v) is 24.5. The van der Waals surface area contributed by atoms with Gasteiger partial charge in [0.05, 0.1) is 42.2 Å². The van der Waals surface area contributed by atoms with Crippen molar-refractivity contribution in [2.45, 2.75) is 32.7 Å². The molecule has 1 unspecified atom stereocenters. The Morgan fingerprint density at radius 2 is 1.79 bits per heavy atom. The third-order valence-corrected chi connectivity index (χ3v) is 7.80. The first kappa shape index (κ1) is 28.8. The van der Waals surface area contributed by atoms with Crippen LogP contribution < -0.4 is 19.6 Å². The van der Waals surface area contributed by atoms with Crippen molar-refractivity contribution in [2.24, 2.45) is 4.99 Å². The van der Waals surface area contributed by atoms with Gasteiger partial charge in [0.15, 0.2) is 4.80 Å². The van der Waals surface area contributed by atoms with E-state index in [4.69, 9.17) is 23.6 Å². The number of esters is 2. The monoisotopic (exact) mass is 586 g/mol. The number of hydrogen-bond acceptors (Lipinski definition) is 9. The van der Waals surface area contributed by atoms with Gasteiger partial charge in [-0.1, -0.05) is 55.0 Å². The first-order valence-corrected chi connectivity index (χ1v) is 14.3. The average Bonchev–Trinajstić information content (AvgIpc) is 3.60. The summed E-state index contributed by atoms with van der Waals surface area (Å²) in [5, 5.41) is 0. The van der Waals surface area contributed by atoms with Crippen LogP contribution in [0.25, 0.3) is 17.4 Å². The number of fused-ring (bicyclic) bond motifs is 1. The highest BCUT2D eigenvalue weighted by Crippen LogP contribution is 2.36. The van der Waals surface area contributed by atoms with Crippen LogP contribution in [0.4, 0.5) is 0 Å². The number of para-hydroxylation sites is 1. The molecule has 42 heavy (non-hydrogen) atoms. The molecule has 0 N–H and O–H groups in total. The maximum absolute atomic E-state index is 14.0. The van der Waals surface area contributed by atoms with E-state index in [0.29, 0.717) is 55.4 Å². The van der Waals surface area contributed by atoms with Crippen molar-refractivity contribution >= 4 is 29.4 Å². The molecule has 0 spiro atoms. The largest absolute Gasteiger partial charge is 0.496 e. The predicted octanol–water partition coefficient (Wildman–Crippen LogP) is 4.63. The van der Waals surface area contributed by atoms with Gasteiger partial charge in [-0.3, -0.25) is 9.36 Å². The number of hydrogen-bond donors (Lipinski definition) is 0. The Bertz CT molecular complexity index is 1840. The number of furan rings is 1. The lowest BCUT2D eigenvalue weighted by Gasteiger charge is -2.26. The lowest BCUT2D eigenvalue weighted by molar-refractivity contribution is -0.139. The second kappa shape index (κ2) is 12.4. The van der Waals surface area contributed by atoms with Gasteiger partial charge in [-0.2, -0.15) is 0 Å². The number of nitrogens with zero attached hydrogens (tertiary/aromatic N) is 2. The summed E-state index contributed by atoms with van der Waals surface area (Å²) >= 11 is 1.23. The molecule has 2 aromatic carbocycles. The Balaban J connectivity index is 1.63. The molecule has 0 saturated heterocycles. The summed E-state index contributed by atoms with van der Waals surface area (Å²) in [5.41, 5.74) is 2.47. The highest BCUT2D eigenvalue weighted by atomic mass is 32.1. The number of ether oxygens (including phenoxy) is 3. The molecule has 0 amide bonds. The molecule has 4 aromatic rings. The number of rotatable bonds is 9. The SMILES string of the molecule is CCCC1=C(C(=O)OCC)C(c2ccccc2OC)n2c(s/c(=C\c3ccc(-c4ccc(C(=O)OC)cc4)o3)c2=O)=N1. The Hall–Kier alpha value is -4.70. The van der Waals surface area contributed by atoms with Crippen LogP contribution in [0, 0.1) is 0 Å². The van der Waals surface area contributed by atoms with Gasteiger partial charge in [0.25, 0.3) is 5.56 Å². The molecule has 1 atom stereocenters. The summed E-state index contributed by atoms with van der Waals surface area (Å²) in [7, 11) is 2.89. The maximum atomic E-state index is 14.0. The molecule has 9 nitrogen and oxygen atoms in total. The third-order valence-electron chi connectivity index (χ3n) is 6.82. The molecule has 0 bridgehead atoms. The summed E-state index contributed by atoms with van der Waals surface area (Å²) in [5.74, 6) is 0.665. The summed E-state index contributed by atoms with van der Waals surface area (Å²) in [4.78, 5) is 44.4. The van der Waals surface area contributed by atoms with E-state index in [1.165, 1.54) is 23.0 Å². The van der Waals surface area contributed by atoms with E-state index >= 15 is 0 Å². The van der Waals surface area contributed by atoms with Crippen LogP contribution in [0.15, 0.2) is 86.1 Å². The van der Waals surface area contributed by atoms with Gasteiger partial charge in [0, 0.05) is 17.2 Å². The molecular weight excluding hydrogens is 556 g/mol. The van der Waals surface area contributed by atoms with Crippen molar-refractivity contribution in [3.05, 3.63) is 109 Å². The summed E-state index contributed by atoms with van der Waals surface area (Å²) < 4.78 is 23.8. The van der Waals surface area contributed by atoms with Gasteiger partial charge in [-0.15, -0.1) is 0 Å². The number of allylic oxidation sites excluding steroid dienone is 1. The minimum atomic E-state index is -0.777. The second-order valence-corrected chi connectivity index (χ2v) is 10.4. The number of benzene rings is 2. The summed E-state index contributed by atoms with van der Waals surface area (Å²) in [6.45, 7) is 3.95. The van der Waals surface area contributed by atoms with Crippen LogP contribution in [-0.4, -0.2) is 37.3 Å². The Kier molecular flexibility index (Phi) is 8.53. The summed E-state index contributed by atoms with van der Waals surface area (Å²) in [6, 6.07) is 17.0. The predicted molar refractivity (Wildman–Crippen MR) is 158 cm³/mol. The number of thiazole rings is 1. The van der Waals surface area contributed by atoms with E-state index in [1.807, 2.05) is 25.1 Å². The van der Waals surface area contributed by atoms with E-state index in [9.17, 15) is 14.4 Å². The van der Waals surface area contributed by atoms with E-state index in [1.54, 1.807) is 62.6 Å². The Morgan fingerprint density at radius 1 is 1.02 bits per heavy atom. The van der Waals surface area contributed by atoms with E-state index < -0.39 is 18.0 Å². The van der Waals surface area contributed by atoms with Gasteiger partial charge < -0.3 is 18.6 Å². The van der Waals surface area contributed by atoms with Crippen LogP contribution in [0.2, 0.25) is 0 Å². The van der Waals surface area contributed by atoms with Gasteiger partial charge in [0.1, 0.15) is 23.3 Å². The number of carbonyl (C=O) groups excluding carboxylic acids is 2. The molecular formula is C32H30N2O7S. The van der Waals surface area contributed by atoms with E-state index in [0.717, 1.165) is 12.0 Å². The third kappa shape index (κ3) is 5.45. The molecule has 1 aliphatic heterocycles. The molecule has 3 heterocycles. The van der Waals surface area contributed by atoms with E-state index in [-0.39, 0.29) is 12.2 Å². The van der Waals surface area contributed by atoms with Gasteiger partial charge in [-0.05, 0) is 43.7 Å². The van der Waals surface area contributed by atoms with Crippen LogP contribution in [0.1, 0.15) is 54.4 Å². The van der Waals surface area contributed by atoms with Gasteiger partial charge in [0.2, 0.25) is 0 Å². The first-order valence-electron chi connectivity index (χ1n) is 13.5. The van der Waals surface area contributed by atoms with Crippen LogP contribution in [0.3, 0.4) is 0 Å². The van der Waals surface area contributed by atoms with Crippen molar-refractivity contribution in [1.29, 1.82) is 0 Å². The highest BCUT2D eigenvalue weighted by Gasteiger charge is 2.35. The van der Waals surface area contributed by atoms with Crippen molar-refractivity contribution in [3.8, 4) is 17.1 Å². The van der Waals surface area contributed by atoms with Crippen LogP contribution in [-0.2, 0) is 14.3 Å². The zero-order chi connectivity index (χ0) is 29.8. The lowest BCUT2D eigenvalue weighted by atomic mass is 9.93. The smallest absolute Gasteiger partial charge is 0.338 e. The number of carbonyl (C=O) groups is 2. The first-order chi connectivity index (χ1) is 20.4. The molecule has 10 heteroatoms. The average molecular weight is 587 g/mol. The number of aromatic nitrogens is 1. The number of methoxy groups -OCH3 is 2. The van der Waals surface area contributed by atoms with Gasteiger partial charge >= 0.3 is 11.9 Å². The molecule has 0 fully saturated rings. The fourth-order valence-electron chi connectivity index (χ4n) is 4.91. The van der Waals surface area contributed by atoms with E-state index in [2.05, 4.69) is 0 Å². The minimum absolute atomic E-state index is 0.192. The molecule has 1 aliphatic rings. The molecule has 2 aromatic heterocycles. The highest BCUT2D eigenvalue weighted by molar-refractivity contribution is 7.07. The Morgan fingerprint density at radius 3 is 2.48 bits per heavy atom. The molecule has 5 rings (SSSR count). The fraction of sp³-hybridized carbons (Fsp3) is 0.250. The zero-order valence-electron chi connectivity index (χ0n) is 23.7. The van der Waals surface area contributed by atoms with Crippen molar-refractivity contribution < 1.29 is 28.2 Å². The van der Waals surface area contributed by atoms with Crippen LogP contribution in [0.5, 0.6) is 5.75 Å². The summed E-state index contributed by atoms with van der Waals surface area (Å²) in [6.07, 6.45) is 2.97. The topological polar surface area (TPSA) is 109 Å². The standard InChI is InChI=1S/C32H30N2O7S/c1-5-9-23-27(31(37)40-6-2)28(22-10-7-8-11-25(22)38-3)34-29(35)26(42-32(34)33-23)18-21-16-17-24(41-21)19-12-14-20(15-13-19)30(36)39-4/h7-8,10-18,28H,5-6,9H2,1-4H3/b26-18-. The molecule has 0 aliphatic carbocycles. The van der Waals surface area contributed by atoms with Crippen molar-refractivity contribution in [1.82, 2.24) is 4.57 Å². The normalized spacial score (nSPS) is 14.8. The van der Waals surface area contributed by atoms with Crippen molar-refractivity contribution in [3.63, 3.8) is 0 Å². The minimum Gasteiger partial charge on any atom is -0.496 e. The maximum Gasteiger partial charge on any atom is 0.338 e. The van der Waals surface area contributed by atoms with Crippen LogP contribution >= 0.6 is 11.3 Å². The second-order valence-electron chi connectivity index (χ2n) is 9.43. The van der Waals surface area contributed by atoms with Gasteiger partial charge in [-0.25, -0.2) is 14.6 Å². The quantitative estimate of drug-likeness (QED) is 0.263. The molecule has 0 radical (unpaired) electrons. The Labute approximate surface area is 246 Å².